The Balaban J connectivity index is 1.30. The average molecular weight is 545 g/mol. The van der Waals surface area contributed by atoms with Gasteiger partial charge < -0.3 is 19.6 Å². The van der Waals surface area contributed by atoms with Crippen LogP contribution in [0.1, 0.15) is 34.3 Å². The molecule has 0 fully saturated rings. The largest absolute Gasteiger partial charge is 0.493 e. The van der Waals surface area contributed by atoms with Gasteiger partial charge in [-0.2, -0.15) is 0 Å². The van der Waals surface area contributed by atoms with Gasteiger partial charge in [0.15, 0.2) is 5.78 Å². The zero-order valence-electron chi connectivity index (χ0n) is 21.7. The molecule has 0 unspecified atom stereocenters. The summed E-state index contributed by atoms with van der Waals surface area (Å²) in [4.78, 5) is 28.9. The van der Waals surface area contributed by atoms with Crippen LogP contribution in [0.2, 0.25) is 5.02 Å². The number of aromatic nitrogens is 1. The number of aryl methyl sites for hydroxylation is 1. The summed E-state index contributed by atoms with van der Waals surface area (Å²) in [6.45, 7) is 3.98. The van der Waals surface area contributed by atoms with Gasteiger partial charge >= 0.3 is 5.97 Å². The molecule has 0 radical (unpaired) electrons. The van der Waals surface area contributed by atoms with E-state index in [4.69, 9.17) is 20.8 Å². The maximum atomic E-state index is 12.4. The molecule has 1 atom stereocenters. The molecule has 39 heavy (non-hydrogen) atoms. The number of rotatable bonds is 12. The molecule has 0 aliphatic carbocycles. The number of nitrogens with zero attached hydrogens (tertiary/aromatic N) is 1. The fourth-order valence-corrected chi connectivity index (χ4v) is 4.12. The highest BCUT2D eigenvalue weighted by molar-refractivity contribution is 6.30. The van der Waals surface area contributed by atoms with E-state index in [1.807, 2.05) is 61.5 Å². The zero-order valence-corrected chi connectivity index (χ0v) is 22.4. The number of carbonyl (C=O) groups is 2. The lowest BCUT2D eigenvalue weighted by Gasteiger charge is -2.16. The summed E-state index contributed by atoms with van der Waals surface area (Å²) < 4.78 is 11.7. The highest BCUT2D eigenvalue weighted by atomic mass is 35.5. The van der Waals surface area contributed by atoms with Crippen molar-refractivity contribution in [2.24, 2.45) is 0 Å². The number of allylic oxidation sites excluding steroid dienone is 2. The van der Waals surface area contributed by atoms with Gasteiger partial charge in [-0.05, 0) is 67.9 Å². The lowest BCUT2D eigenvalue weighted by atomic mass is 10.1. The number of ketones is 1. The summed E-state index contributed by atoms with van der Waals surface area (Å²) in [6.07, 6.45) is 2.21. The molecular formula is C31H29ClN2O5. The highest BCUT2D eigenvalue weighted by Crippen LogP contribution is 2.22. The van der Waals surface area contributed by atoms with Crippen LogP contribution in [0.15, 0.2) is 95.1 Å². The van der Waals surface area contributed by atoms with Gasteiger partial charge in [0.25, 0.3) is 0 Å². The van der Waals surface area contributed by atoms with E-state index in [2.05, 4.69) is 10.3 Å². The number of hydrogen-bond acceptors (Lipinski definition) is 6. The SMILES string of the molecule is C/C(=C\C(=O)c1ccc(Cl)cc1)N[C@@H](Cc1ccc(OCCc2nc(-c3ccccc3)oc2C)cc1)C(=O)O. The van der Waals surface area contributed by atoms with Crippen LogP contribution >= 0.6 is 11.6 Å². The highest BCUT2D eigenvalue weighted by Gasteiger charge is 2.18. The predicted molar refractivity (Wildman–Crippen MR) is 150 cm³/mol. The Kier molecular flexibility index (Phi) is 9.18. The predicted octanol–water partition coefficient (Wildman–Crippen LogP) is 6.30. The fraction of sp³-hybridized carbons (Fsp3) is 0.194. The number of carboxylic acids is 1. The zero-order chi connectivity index (χ0) is 27.8. The summed E-state index contributed by atoms with van der Waals surface area (Å²) in [5, 5.41) is 13.2. The minimum Gasteiger partial charge on any atom is -0.493 e. The van der Waals surface area contributed by atoms with Crippen LogP contribution in [0.5, 0.6) is 5.75 Å². The van der Waals surface area contributed by atoms with Crippen molar-refractivity contribution < 1.29 is 23.8 Å². The molecule has 4 rings (SSSR count). The van der Waals surface area contributed by atoms with Crippen LogP contribution < -0.4 is 10.1 Å². The molecule has 0 bridgehead atoms. The average Bonchev–Trinajstić information content (AvgIpc) is 3.30. The van der Waals surface area contributed by atoms with Crippen LogP contribution in [-0.4, -0.2) is 34.5 Å². The van der Waals surface area contributed by atoms with Gasteiger partial charge in [-0.15, -0.1) is 0 Å². The second-order valence-corrected chi connectivity index (χ2v) is 9.50. The monoisotopic (exact) mass is 544 g/mol. The molecule has 4 aromatic rings. The van der Waals surface area contributed by atoms with E-state index < -0.39 is 12.0 Å². The molecule has 0 saturated carbocycles. The Morgan fingerprint density at radius 3 is 2.41 bits per heavy atom. The molecule has 0 aliphatic rings. The van der Waals surface area contributed by atoms with Gasteiger partial charge in [0.1, 0.15) is 17.6 Å². The van der Waals surface area contributed by atoms with Crippen molar-refractivity contribution in [2.75, 3.05) is 6.61 Å². The van der Waals surface area contributed by atoms with E-state index in [0.717, 1.165) is 22.6 Å². The lowest BCUT2D eigenvalue weighted by Crippen LogP contribution is -2.37. The van der Waals surface area contributed by atoms with E-state index in [0.29, 0.717) is 41.0 Å². The minimum absolute atomic E-state index is 0.232. The second-order valence-electron chi connectivity index (χ2n) is 9.07. The van der Waals surface area contributed by atoms with Gasteiger partial charge in [0.05, 0.1) is 12.3 Å². The van der Waals surface area contributed by atoms with E-state index in [9.17, 15) is 14.7 Å². The van der Waals surface area contributed by atoms with Crippen LogP contribution in [0.25, 0.3) is 11.5 Å². The van der Waals surface area contributed by atoms with Crippen molar-refractivity contribution in [3.8, 4) is 17.2 Å². The molecule has 0 spiro atoms. The Labute approximate surface area is 232 Å². The first-order valence-corrected chi connectivity index (χ1v) is 12.9. The molecule has 7 nitrogen and oxygen atoms in total. The number of hydrogen-bond donors (Lipinski definition) is 2. The molecule has 1 aromatic heterocycles. The number of carbonyl (C=O) groups excluding carboxylic acids is 1. The van der Waals surface area contributed by atoms with Crippen LogP contribution in [0, 0.1) is 6.92 Å². The van der Waals surface area contributed by atoms with Gasteiger partial charge in [0, 0.05) is 40.8 Å². The number of nitrogens with one attached hydrogen (secondary N) is 1. The maximum Gasteiger partial charge on any atom is 0.326 e. The van der Waals surface area contributed by atoms with E-state index >= 15 is 0 Å². The number of halogens is 1. The summed E-state index contributed by atoms with van der Waals surface area (Å²) in [7, 11) is 0. The molecule has 0 amide bonds. The van der Waals surface area contributed by atoms with Crippen molar-refractivity contribution in [1.29, 1.82) is 0 Å². The molecule has 3 aromatic carbocycles. The first-order chi connectivity index (χ1) is 18.8. The maximum absolute atomic E-state index is 12.4. The molecule has 1 heterocycles. The molecule has 0 aliphatic heterocycles. The second kappa shape index (κ2) is 12.9. The van der Waals surface area contributed by atoms with E-state index in [1.54, 1.807) is 31.2 Å². The van der Waals surface area contributed by atoms with Crippen molar-refractivity contribution in [2.45, 2.75) is 32.7 Å². The number of aliphatic carboxylic acids is 1. The molecule has 2 N–H and O–H groups in total. The number of oxazole rings is 1. The normalized spacial score (nSPS) is 12.1. The minimum atomic E-state index is -1.01. The Morgan fingerprint density at radius 2 is 1.74 bits per heavy atom. The van der Waals surface area contributed by atoms with Crippen molar-refractivity contribution in [3.05, 3.63) is 118 Å². The van der Waals surface area contributed by atoms with Crippen LogP contribution in [0.4, 0.5) is 0 Å². The number of carboxylic acid groups (broad SMARTS) is 1. The standard InChI is InChI=1S/C31H29ClN2O5/c1-20(18-29(35)23-10-12-25(32)13-11-23)33-28(31(36)37)19-22-8-14-26(15-9-22)38-17-16-27-21(2)39-30(34-27)24-6-4-3-5-7-24/h3-15,18,28,33H,16-17,19H2,1-2H3,(H,36,37)/b20-18+/t28-/m0/s1. The third-order valence-corrected chi connectivity index (χ3v) is 6.31. The Bertz CT molecular complexity index is 1440. The molecule has 0 saturated heterocycles. The Morgan fingerprint density at radius 1 is 1.05 bits per heavy atom. The van der Waals surface area contributed by atoms with Gasteiger partial charge in [-0.25, -0.2) is 9.78 Å². The summed E-state index contributed by atoms with van der Waals surface area (Å²) >= 11 is 5.87. The first-order valence-electron chi connectivity index (χ1n) is 12.5. The first kappa shape index (κ1) is 27.7. The van der Waals surface area contributed by atoms with Gasteiger partial charge in [-0.3, -0.25) is 4.79 Å². The van der Waals surface area contributed by atoms with E-state index in [1.165, 1.54) is 6.08 Å². The topological polar surface area (TPSA) is 102 Å². The fourth-order valence-electron chi connectivity index (χ4n) is 4.00. The summed E-state index contributed by atoms with van der Waals surface area (Å²) in [6, 6.07) is 22.6. The van der Waals surface area contributed by atoms with Crippen molar-refractivity contribution in [1.82, 2.24) is 10.3 Å². The van der Waals surface area contributed by atoms with Crippen LogP contribution in [-0.2, 0) is 17.6 Å². The van der Waals surface area contributed by atoms with Gasteiger partial charge in [-0.1, -0.05) is 41.9 Å². The molecular weight excluding hydrogens is 516 g/mol. The van der Waals surface area contributed by atoms with E-state index in [-0.39, 0.29) is 12.2 Å². The third-order valence-electron chi connectivity index (χ3n) is 6.06. The quantitative estimate of drug-likeness (QED) is 0.159. The van der Waals surface area contributed by atoms with Crippen LogP contribution in [0.3, 0.4) is 0 Å². The molecule has 8 heteroatoms. The third kappa shape index (κ3) is 7.82. The summed E-state index contributed by atoms with van der Waals surface area (Å²) in [5.41, 5.74) is 3.52. The lowest BCUT2D eigenvalue weighted by molar-refractivity contribution is -0.139. The number of benzene rings is 3. The number of ether oxygens (including phenoxy) is 1. The van der Waals surface area contributed by atoms with Crippen molar-refractivity contribution in [3.63, 3.8) is 0 Å². The smallest absolute Gasteiger partial charge is 0.326 e. The summed E-state index contributed by atoms with van der Waals surface area (Å²) in [5.74, 6) is 0.777. The molecule has 200 valence electrons. The Hall–Kier alpha value is -4.36. The van der Waals surface area contributed by atoms with Crippen molar-refractivity contribution >= 4 is 23.4 Å². The van der Waals surface area contributed by atoms with Gasteiger partial charge in [0.2, 0.25) is 5.89 Å².